The van der Waals surface area contributed by atoms with Crippen molar-refractivity contribution in [3.05, 3.63) is 94.8 Å². The lowest BCUT2D eigenvalue weighted by Gasteiger charge is -2.32. The van der Waals surface area contributed by atoms with E-state index in [0.717, 1.165) is 36.9 Å². The fraction of sp³-hybridized carbons (Fsp3) is 0.346. The van der Waals surface area contributed by atoms with E-state index in [0.29, 0.717) is 24.0 Å². The summed E-state index contributed by atoms with van der Waals surface area (Å²) in [6.07, 6.45) is 6.01. The molecule has 1 aromatic heterocycles. The van der Waals surface area contributed by atoms with Crippen molar-refractivity contribution in [3.8, 4) is 0 Å². The Kier molecular flexibility index (Phi) is 5.84. The van der Waals surface area contributed by atoms with E-state index in [1.165, 1.54) is 23.2 Å². The summed E-state index contributed by atoms with van der Waals surface area (Å²) >= 11 is 0. The smallest absolute Gasteiger partial charge is 0.243 e. The molecule has 0 radical (unpaired) electrons. The van der Waals surface area contributed by atoms with Crippen LogP contribution in [0.5, 0.6) is 0 Å². The number of sulfonamides is 1. The van der Waals surface area contributed by atoms with Crippen molar-refractivity contribution in [2.75, 3.05) is 13.6 Å². The summed E-state index contributed by atoms with van der Waals surface area (Å²) in [5.74, 6) is 0. The van der Waals surface area contributed by atoms with Crippen LogP contribution in [0.3, 0.4) is 0 Å². The van der Waals surface area contributed by atoms with Gasteiger partial charge in [0.2, 0.25) is 10.0 Å². The topological polar surface area (TPSA) is 53.5 Å². The minimum absolute atomic E-state index is 0.303. The summed E-state index contributed by atoms with van der Waals surface area (Å²) in [6, 6.07) is 20.0. The molecule has 0 saturated heterocycles. The number of nitrogens with zero attached hydrogens (tertiary/aromatic N) is 3. The van der Waals surface area contributed by atoms with Crippen LogP contribution in [0.2, 0.25) is 0 Å². The summed E-state index contributed by atoms with van der Waals surface area (Å²) < 4.78 is 28.0. The standard InChI is InChI=1S/C26H29N3O2S/c1-28(25-10-4-8-22-9-5-16-27-26(22)25)18-20-11-13-24(14-12-20)32(30,31)29-17-15-21-6-2-3-7-23(21)19-29/h2-3,5-7,9,11-14,16,25H,4,8,10,15,17-19H2,1H3. The summed E-state index contributed by atoms with van der Waals surface area (Å²) in [7, 11) is -1.37. The van der Waals surface area contributed by atoms with Gasteiger partial charge < -0.3 is 0 Å². The van der Waals surface area contributed by atoms with Crippen LogP contribution in [0.4, 0.5) is 0 Å². The highest BCUT2D eigenvalue weighted by molar-refractivity contribution is 7.89. The number of fused-ring (bicyclic) bond motifs is 2. The number of hydrogen-bond acceptors (Lipinski definition) is 4. The van der Waals surface area contributed by atoms with Crippen LogP contribution in [-0.4, -0.2) is 36.2 Å². The van der Waals surface area contributed by atoms with E-state index in [1.54, 1.807) is 16.4 Å². The van der Waals surface area contributed by atoms with Crippen molar-refractivity contribution in [3.63, 3.8) is 0 Å². The molecule has 2 heterocycles. The summed E-state index contributed by atoms with van der Waals surface area (Å²) in [6.45, 7) is 1.73. The zero-order valence-electron chi connectivity index (χ0n) is 18.4. The predicted octanol–water partition coefficient (Wildman–Crippen LogP) is 4.34. The molecule has 0 spiro atoms. The number of benzene rings is 2. The Hall–Kier alpha value is -2.54. The second-order valence-electron chi connectivity index (χ2n) is 8.87. The normalized spacial score (nSPS) is 18.9. The van der Waals surface area contributed by atoms with Gasteiger partial charge in [-0.15, -0.1) is 0 Å². The fourth-order valence-corrected chi connectivity index (χ4v) is 6.42. The van der Waals surface area contributed by atoms with Gasteiger partial charge in [0, 0.05) is 25.8 Å². The number of aryl methyl sites for hydroxylation is 1. The van der Waals surface area contributed by atoms with E-state index < -0.39 is 10.0 Å². The summed E-state index contributed by atoms with van der Waals surface area (Å²) in [5.41, 5.74) is 5.99. The van der Waals surface area contributed by atoms with Crippen molar-refractivity contribution in [2.45, 2.75) is 49.7 Å². The van der Waals surface area contributed by atoms with Gasteiger partial charge >= 0.3 is 0 Å². The van der Waals surface area contributed by atoms with Crippen LogP contribution in [0.15, 0.2) is 71.8 Å². The Bertz CT molecular complexity index is 1210. The lowest BCUT2D eigenvalue weighted by molar-refractivity contribution is 0.208. The van der Waals surface area contributed by atoms with Gasteiger partial charge in [0.25, 0.3) is 0 Å². The maximum absolute atomic E-state index is 13.2. The van der Waals surface area contributed by atoms with Crippen LogP contribution in [0.25, 0.3) is 0 Å². The van der Waals surface area contributed by atoms with Crippen LogP contribution < -0.4 is 0 Å². The van der Waals surface area contributed by atoms with Crippen molar-refractivity contribution in [1.29, 1.82) is 0 Å². The minimum atomic E-state index is -3.50. The molecule has 0 saturated carbocycles. The third kappa shape index (κ3) is 4.10. The number of aromatic nitrogens is 1. The molecule has 2 aliphatic rings. The molecule has 32 heavy (non-hydrogen) atoms. The molecule has 166 valence electrons. The summed E-state index contributed by atoms with van der Waals surface area (Å²) in [4.78, 5) is 7.35. The highest BCUT2D eigenvalue weighted by atomic mass is 32.2. The second-order valence-corrected chi connectivity index (χ2v) is 10.8. The van der Waals surface area contributed by atoms with Gasteiger partial charge in [-0.3, -0.25) is 9.88 Å². The van der Waals surface area contributed by atoms with Crippen LogP contribution >= 0.6 is 0 Å². The number of hydrogen-bond donors (Lipinski definition) is 0. The van der Waals surface area contributed by atoms with Gasteiger partial charge in [-0.2, -0.15) is 4.31 Å². The van der Waals surface area contributed by atoms with Crippen LogP contribution in [0.1, 0.15) is 46.8 Å². The zero-order valence-corrected chi connectivity index (χ0v) is 19.3. The third-order valence-electron chi connectivity index (χ3n) is 6.79. The third-order valence-corrected chi connectivity index (χ3v) is 8.65. The van der Waals surface area contributed by atoms with E-state index in [4.69, 9.17) is 0 Å². The van der Waals surface area contributed by atoms with Gasteiger partial charge in [-0.05, 0) is 73.2 Å². The van der Waals surface area contributed by atoms with Gasteiger partial charge in [-0.1, -0.05) is 42.5 Å². The van der Waals surface area contributed by atoms with Gasteiger partial charge in [-0.25, -0.2) is 8.42 Å². The molecule has 1 aliphatic carbocycles. The quantitative estimate of drug-likeness (QED) is 0.584. The van der Waals surface area contributed by atoms with Crippen molar-refractivity contribution >= 4 is 10.0 Å². The molecular formula is C26H29N3O2S. The lowest BCUT2D eigenvalue weighted by atomic mass is 9.91. The SMILES string of the molecule is CN(Cc1ccc(S(=O)(=O)N2CCc3ccccc3C2)cc1)C1CCCc2cccnc21. The molecule has 1 atom stereocenters. The van der Waals surface area contributed by atoms with Crippen LogP contribution in [-0.2, 0) is 36.0 Å². The summed E-state index contributed by atoms with van der Waals surface area (Å²) in [5, 5.41) is 0. The van der Waals surface area contributed by atoms with E-state index in [-0.39, 0.29) is 0 Å². The van der Waals surface area contributed by atoms with E-state index in [1.807, 2.05) is 42.6 Å². The first-order chi connectivity index (χ1) is 15.5. The van der Waals surface area contributed by atoms with E-state index in [2.05, 4.69) is 29.1 Å². The minimum Gasteiger partial charge on any atom is -0.294 e. The van der Waals surface area contributed by atoms with E-state index >= 15 is 0 Å². The monoisotopic (exact) mass is 447 g/mol. The average Bonchev–Trinajstić information content (AvgIpc) is 2.83. The molecule has 0 amide bonds. The molecule has 1 aliphatic heterocycles. The molecule has 0 bridgehead atoms. The van der Waals surface area contributed by atoms with Crippen LogP contribution in [0, 0.1) is 0 Å². The number of pyridine rings is 1. The predicted molar refractivity (Wildman–Crippen MR) is 126 cm³/mol. The molecule has 5 nitrogen and oxygen atoms in total. The zero-order chi connectivity index (χ0) is 22.1. The molecule has 6 heteroatoms. The van der Waals surface area contributed by atoms with Gasteiger partial charge in [0.05, 0.1) is 16.6 Å². The Balaban J connectivity index is 1.29. The first kappa shape index (κ1) is 21.3. The Morgan fingerprint density at radius 2 is 1.72 bits per heavy atom. The van der Waals surface area contributed by atoms with Gasteiger partial charge in [0.1, 0.15) is 0 Å². The van der Waals surface area contributed by atoms with E-state index in [9.17, 15) is 8.42 Å². The number of rotatable bonds is 5. The Morgan fingerprint density at radius 1 is 0.969 bits per heavy atom. The van der Waals surface area contributed by atoms with Gasteiger partial charge in [0.15, 0.2) is 0 Å². The highest BCUT2D eigenvalue weighted by Gasteiger charge is 2.28. The Labute approximate surface area is 190 Å². The molecule has 2 aromatic carbocycles. The average molecular weight is 448 g/mol. The second kappa shape index (κ2) is 8.77. The molecule has 1 unspecified atom stereocenters. The largest absolute Gasteiger partial charge is 0.294 e. The molecule has 5 rings (SSSR count). The maximum atomic E-state index is 13.2. The highest BCUT2D eigenvalue weighted by Crippen LogP contribution is 2.33. The lowest BCUT2D eigenvalue weighted by Crippen LogP contribution is -2.35. The van der Waals surface area contributed by atoms with Crippen molar-refractivity contribution < 1.29 is 8.42 Å². The van der Waals surface area contributed by atoms with Crippen molar-refractivity contribution in [2.24, 2.45) is 0 Å². The molecule has 0 N–H and O–H groups in total. The molecular weight excluding hydrogens is 418 g/mol. The fourth-order valence-electron chi connectivity index (χ4n) is 5.00. The molecule has 3 aromatic rings. The first-order valence-electron chi connectivity index (χ1n) is 11.3. The molecule has 0 fully saturated rings. The maximum Gasteiger partial charge on any atom is 0.243 e. The van der Waals surface area contributed by atoms with Crippen molar-refractivity contribution in [1.82, 2.24) is 14.2 Å². The first-order valence-corrected chi connectivity index (χ1v) is 12.8. The Morgan fingerprint density at radius 3 is 2.53 bits per heavy atom.